The van der Waals surface area contributed by atoms with E-state index in [2.05, 4.69) is 29.2 Å². The number of hydrogen-bond acceptors (Lipinski definition) is 3. The Morgan fingerprint density at radius 3 is 2.79 bits per heavy atom. The van der Waals surface area contributed by atoms with E-state index in [1.807, 2.05) is 18.4 Å². The highest BCUT2D eigenvalue weighted by Crippen LogP contribution is 2.22. The fraction of sp³-hybridized carbons (Fsp3) is 0.400. The Bertz CT molecular complexity index is 486. The first-order valence-corrected chi connectivity index (χ1v) is 7.87. The van der Waals surface area contributed by atoms with E-state index in [9.17, 15) is 0 Å². The second-order valence-electron chi connectivity index (χ2n) is 4.41. The van der Waals surface area contributed by atoms with Gasteiger partial charge in [-0.3, -0.25) is 0 Å². The van der Waals surface area contributed by atoms with Crippen LogP contribution < -0.4 is 0 Å². The van der Waals surface area contributed by atoms with Gasteiger partial charge in [-0.05, 0) is 25.3 Å². The van der Waals surface area contributed by atoms with Gasteiger partial charge in [0.15, 0.2) is 0 Å². The van der Waals surface area contributed by atoms with E-state index in [4.69, 9.17) is 16.3 Å². The maximum Gasteiger partial charge on any atom is 0.122 e. The van der Waals surface area contributed by atoms with E-state index < -0.39 is 0 Å². The molecule has 0 N–H and O–H groups in total. The number of thiazole rings is 1. The van der Waals surface area contributed by atoms with E-state index in [0.717, 1.165) is 30.2 Å². The first kappa shape index (κ1) is 14.5. The molecule has 0 saturated heterocycles. The van der Waals surface area contributed by atoms with Crippen LogP contribution in [0.5, 0.6) is 0 Å². The molecule has 0 fully saturated rings. The highest BCUT2D eigenvalue weighted by Gasteiger charge is 2.10. The van der Waals surface area contributed by atoms with Crippen molar-refractivity contribution >= 4 is 22.9 Å². The number of benzene rings is 1. The number of alkyl halides is 1. The van der Waals surface area contributed by atoms with Gasteiger partial charge < -0.3 is 4.74 Å². The van der Waals surface area contributed by atoms with E-state index in [-0.39, 0.29) is 6.10 Å². The summed E-state index contributed by atoms with van der Waals surface area (Å²) >= 11 is 7.36. The largest absolute Gasteiger partial charge is 0.371 e. The van der Waals surface area contributed by atoms with Gasteiger partial charge in [-0.2, -0.15) is 0 Å². The first-order valence-electron chi connectivity index (χ1n) is 6.45. The zero-order valence-corrected chi connectivity index (χ0v) is 12.6. The molecule has 2 rings (SSSR count). The fourth-order valence-electron chi connectivity index (χ4n) is 1.82. The number of rotatable bonds is 7. The average Bonchev–Trinajstić information content (AvgIpc) is 2.93. The Balaban J connectivity index is 1.70. The highest BCUT2D eigenvalue weighted by molar-refractivity contribution is 7.09. The van der Waals surface area contributed by atoms with Crippen molar-refractivity contribution < 1.29 is 4.74 Å². The molecule has 0 aliphatic heterocycles. The van der Waals surface area contributed by atoms with Crippen molar-refractivity contribution in [3.05, 3.63) is 52.0 Å². The van der Waals surface area contributed by atoms with Crippen LogP contribution >= 0.6 is 22.9 Å². The van der Waals surface area contributed by atoms with E-state index in [1.54, 1.807) is 11.3 Å². The molecule has 0 aliphatic carbocycles. The van der Waals surface area contributed by atoms with Gasteiger partial charge in [0.25, 0.3) is 0 Å². The summed E-state index contributed by atoms with van der Waals surface area (Å²) in [6, 6.07) is 10.5. The number of hydrogen-bond donors (Lipinski definition) is 0. The molecule has 1 heterocycles. The van der Waals surface area contributed by atoms with Crippen molar-refractivity contribution in [2.45, 2.75) is 31.7 Å². The van der Waals surface area contributed by atoms with Gasteiger partial charge in [0.1, 0.15) is 11.1 Å². The number of ether oxygens (including phenoxy) is 1. The number of aromatic nitrogens is 1. The Labute approximate surface area is 123 Å². The summed E-state index contributed by atoms with van der Waals surface area (Å²) in [5, 5.41) is 3.00. The highest BCUT2D eigenvalue weighted by atomic mass is 35.5. The van der Waals surface area contributed by atoms with Crippen molar-refractivity contribution in [2.24, 2.45) is 0 Å². The molecule has 2 aromatic rings. The maximum atomic E-state index is 5.81. The fourth-order valence-corrected chi connectivity index (χ4v) is 2.87. The molecule has 4 heteroatoms. The van der Waals surface area contributed by atoms with Crippen molar-refractivity contribution in [3.63, 3.8) is 0 Å². The summed E-state index contributed by atoms with van der Waals surface area (Å²) in [6.07, 6.45) is 2.14. The van der Waals surface area contributed by atoms with Gasteiger partial charge >= 0.3 is 0 Å². The smallest absolute Gasteiger partial charge is 0.122 e. The first-order chi connectivity index (χ1) is 9.29. The van der Waals surface area contributed by atoms with Crippen LogP contribution in [0.25, 0.3) is 0 Å². The van der Waals surface area contributed by atoms with Crippen molar-refractivity contribution in [3.8, 4) is 0 Å². The summed E-state index contributed by atoms with van der Waals surface area (Å²) in [4.78, 5) is 4.43. The molecule has 1 aromatic carbocycles. The molecular weight excluding hydrogens is 278 g/mol. The molecule has 0 aliphatic rings. The average molecular weight is 296 g/mol. The van der Waals surface area contributed by atoms with E-state index >= 15 is 0 Å². The van der Waals surface area contributed by atoms with Crippen molar-refractivity contribution in [1.82, 2.24) is 4.98 Å². The molecule has 19 heavy (non-hydrogen) atoms. The van der Waals surface area contributed by atoms with Crippen LogP contribution in [0.15, 0.2) is 35.7 Å². The third-order valence-electron chi connectivity index (χ3n) is 2.87. The SMILES string of the molecule is CC(OCCCc1ccccc1)c1nc(CCl)cs1. The van der Waals surface area contributed by atoms with Crippen LogP contribution in [-0.4, -0.2) is 11.6 Å². The quantitative estimate of drug-likeness (QED) is 0.550. The van der Waals surface area contributed by atoms with Gasteiger partial charge in [0.05, 0.1) is 11.6 Å². The molecule has 1 unspecified atom stereocenters. The molecular formula is C15H18ClNOS. The van der Waals surface area contributed by atoms with Crippen LogP contribution in [0.2, 0.25) is 0 Å². The maximum absolute atomic E-state index is 5.81. The number of nitrogens with zero attached hydrogens (tertiary/aromatic N) is 1. The summed E-state index contributed by atoms with van der Waals surface area (Å²) in [7, 11) is 0. The van der Waals surface area contributed by atoms with Gasteiger partial charge in [-0.15, -0.1) is 22.9 Å². The minimum atomic E-state index is 0.0535. The Morgan fingerprint density at radius 2 is 2.11 bits per heavy atom. The molecule has 0 radical (unpaired) electrons. The minimum Gasteiger partial charge on any atom is -0.371 e. The molecule has 1 atom stereocenters. The second kappa shape index (κ2) is 7.63. The van der Waals surface area contributed by atoms with Crippen LogP contribution in [0.4, 0.5) is 0 Å². The predicted octanol–water partition coefficient (Wildman–Crippen LogP) is 4.59. The summed E-state index contributed by atoms with van der Waals surface area (Å²) in [6.45, 7) is 2.80. The Morgan fingerprint density at radius 1 is 1.32 bits per heavy atom. The zero-order chi connectivity index (χ0) is 13.5. The van der Waals surface area contributed by atoms with E-state index in [0.29, 0.717) is 5.88 Å². The van der Waals surface area contributed by atoms with Crippen molar-refractivity contribution in [2.75, 3.05) is 6.61 Å². The topological polar surface area (TPSA) is 22.1 Å². The minimum absolute atomic E-state index is 0.0535. The zero-order valence-electron chi connectivity index (χ0n) is 11.0. The normalized spacial score (nSPS) is 12.5. The monoisotopic (exact) mass is 295 g/mol. The molecule has 0 bridgehead atoms. The lowest BCUT2D eigenvalue weighted by atomic mass is 10.1. The Hall–Kier alpha value is -0.900. The molecule has 2 nitrogen and oxygen atoms in total. The molecule has 0 spiro atoms. The van der Waals surface area contributed by atoms with Gasteiger partial charge in [0, 0.05) is 12.0 Å². The summed E-state index contributed by atoms with van der Waals surface area (Å²) < 4.78 is 5.81. The summed E-state index contributed by atoms with van der Waals surface area (Å²) in [5.74, 6) is 0.469. The predicted molar refractivity (Wildman–Crippen MR) is 80.8 cm³/mol. The molecule has 0 saturated carbocycles. The number of aryl methyl sites for hydroxylation is 1. The van der Waals surface area contributed by atoms with Crippen LogP contribution in [0.1, 0.15) is 35.7 Å². The number of halogens is 1. The molecule has 0 amide bonds. The molecule has 102 valence electrons. The lowest BCUT2D eigenvalue weighted by molar-refractivity contribution is 0.0639. The van der Waals surface area contributed by atoms with Gasteiger partial charge in [-0.25, -0.2) is 4.98 Å². The standard InChI is InChI=1S/C15H18ClNOS/c1-12(15-17-14(10-16)11-19-15)18-9-5-8-13-6-3-2-4-7-13/h2-4,6-7,11-12H,5,8-10H2,1H3. The van der Waals surface area contributed by atoms with Gasteiger partial charge in [0.2, 0.25) is 0 Å². The van der Waals surface area contributed by atoms with Crippen molar-refractivity contribution in [1.29, 1.82) is 0 Å². The van der Waals surface area contributed by atoms with Gasteiger partial charge in [-0.1, -0.05) is 30.3 Å². The lowest BCUT2D eigenvalue weighted by Crippen LogP contribution is -2.02. The van der Waals surface area contributed by atoms with Crippen LogP contribution in [-0.2, 0) is 17.0 Å². The van der Waals surface area contributed by atoms with Crippen LogP contribution in [0.3, 0.4) is 0 Å². The van der Waals surface area contributed by atoms with E-state index in [1.165, 1.54) is 5.56 Å². The Kier molecular flexibility index (Phi) is 5.83. The third-order valence-corrected chi connectivity index (χ3v) is 4.20. The summed E-state index contributed by atoms with van der Waals surface area (Å²) in [5.41, 5.74) is 2.29. The second-order valence-corrected chi connectivity index (χ2v) is 5.57. The van der Waals surface area contributed by atoms with Crippen LogP contribution in [0, 0.1) is 0 Å². The lowest BCUT2D eigenvalue weighted by Gasteiger charge is -2.10. The third kappa shape index (κ3) is 4.60. The molecule has 1 aromatic heterocycles.